The van der Waals surface area contributed by atoms with Crippen LogP contribution in [0.25, 0.3) is 10.2 Å². The summed E-state index contributed by atoms with van der Waals surface area (Å²) in [6.45, 7) is 7.78. The second-order valence-corrected chi connectivity index (χ2v) is 9.82. The minimum Gasteiger partial charge on any atom is -0.380 e. The summed E-state index contributed by atoms with van der Waals surface area (Å²) in [5, 5.41) is 0. The summed E-state index contributed by atoms with van der Waals surface area (Å²) in [4.78, 5) is 17.9. The molecule has 0 saturated carbocycles. The molecule has 0 aliphatic heterocycles. The number of amides is 1. The molecular weight excluding hydrogens is 408 g/mol. The molecule has 2 aromatic carbocycles. The molecular formula is C21H24N2O4S2. The first-order valence-corrected chi connectivity index (χ1v) is 12.0. The molecule has 0 radical (unpaired) electrons. The van der Waals surface area contributed by atoms with E-state index in [2.05, 4.69) is 17.1 Å². The molecule has 29 heavy (non-hydrogen) atoms. The van der Waals surface area contributed by atoms with Gasteiger partial charge in [0.1, 0.15) is 0 Å². The second-order valence-electron chi connectivity index (χ2n) is 6.82. The average molecular weight is 433 g/mol. The Morgan fingerprint density at radius 2 is 1.76 bits per heavy atom. The van der Waals surface area contributed by atoms with Crippen LogP contribution in [0.4, 0.5) is 0 Å². The lowest BCUT2D eigenvalue weighted by atomic mass is 10.1. The van der Waals surface area contributed by atoms with Gasteiger partial charge in [0.15, 0.2) is 14.6 Å². The van der Waals surface area contributed by atoms with E-state index in [1.165, 1.54) is 35.6 Å². The predicted octanol–water partition coefficient (Wildman–Crippen LogP) is 3.50. The Kier molecular flexibility index (Phi) is 6.36. The quantitative estimate of drug-likeness (QED) is 0.559. The summed E-state index contributed by atoms with van der Waals surface area (Å²) in [6, 6.07) is 9.99. The van der Waals surface area contributed by atoms with Crippen molar-refractivity contribution in [2.24, 2.45) is 4.99 Å². The van der Waals surface area contributed by atoms with Crippen LogP contribution in [0, 0.1) is 13.8 Å². The third kappa shape index (κ3) is 4.66. The van der Waals surface area contributed by atoms with Crippen molar-refractivity contribution in [2.45, 2.75) is 32.2 Å². The number of rotatable bonds is 6. The number of carbonyl (C=O) groups is 1. The van der Waals surface area contributed by atoms with Crippen LogP contribution in [0.5, 0.6) is 0 Å². The van der Waals surface area contributed by atoms with Gasteiger partial charge in [0.25, 0.3) is 5.91 Å². The largest absolute Gasteiger partial charge is 0.380 e. The highest BCUT2D eigenvalue weighted by molar-refractivity contribution is 7.90. The highest BCUT2D eigenvalue weighted by Gasteiger charge is 2.14. The number of thiazole rings is 1. The van der Waals surface area contributed by atoms with Crippen molar-refractivity contribution < 1.29 is 17.9 Å². The molecule has 0 saturated heterocycles. The molecule has 0 fully saturated rings. The SMILES string of the molecule is CCOCCn1c(=NC(=O)c2ccc(S(C)(=O)=O)cc2)sc2c(C)ccc(C)c21. The van der Waals surface area contributed by atoms with Gasteiger partial charge in [0.2, 0.25) is 0 Å². The topological polar surface area (TPSA) is 77.7 Å². The van der Waals surface area contributed by atoms with E-state index < -0.39 is 15.7 Å². The maximum atomic E-state index is 12.7. The third-order valence-electron chi connectivity index (χ3n) is 4.61. The fourth-order valence-corrected chi connectivity index (χ4v) is 4.89. The number of ether oxygens (including phenoxy) is 1. The van der Waals surface area contributed by atoms with Crippen LogP contribution in [0.2, 0.25) is 0 Å². The monoisotopic (exact) mass is 432 g/mol. The number of sulfone groups is 1. The predicted molar refractivity (Wildman–Crippen MR) is 115 cm³/mol. The van der Waals surface area contributed by atoms with Gasteiger partial charge < -0.3 is 9.30 Å². The minimum absolute atomic E-state index is 0.175. The summed E-state index contributed by atoms with van der Waals surface area (Å²) >= 11 is 1.48. The maximum absolute atomic E-state index is 12.7. The number of fused-ring (bicyclic) bond motifs is 1. The Morgan fingerprint density at radius 3 is 2.38 bits per heavy atom. The molecule has 1 amide bonds. The van der Waals surface area contributed by atoms with Crippen molar-refractivity contribution in [3.05, 3.63) is 57.9 Å². The first kappa shape index (κ1) is 21.4. The second kappa shape index (κ2) is 8.61. The van der Waals surface area contributed by atoms with E-state index in [1.54, 1.807) is 0 Å². The Balaban J connectivity index is 2.08. The number of aromatic nitrogens is 1. The molecule has 0 spiro atoms. The molecule has 0 aliphatic rings. The number of carbonyl (C=O) groups excluding carboxylic acids is 1. The molecule has 0 aliphatic carbocycles. The van der Waals surface area contributed by atoms with Crippen LogP contribution in [0.15, 0.2) is 46.3 Å². The van der Waals surface area contributed by atoms with Crippen LogP contribution < -0.4 is 4.80 Å². The molecule has 0 N–H and O–H groups in total. The maximum Gasteiger partial charge on any atom is 0.279 e. The normalized spacial score (nSPS) is 12.6. The Labute approximate surface area is 174 Å². The van der Waals surface area contributed by atoms with Gasteiger partial charge in [-0.25, -0.2) is 8.42 Å². The van der Waals surface area contributed by atoms with Crippen LogP contribution in [0.3, 0.4) is 0 Å². The van der Waals surface area contributed by atoms with Gasteiger partial charge in [-0.3, -0.25) is 4.79 Å². The van der Waals surface area contributed by atoms with Crippen LogP contribution in [-0.4, -0.2) is 38.4 Å². The molecule has 6 nitrogen and oxygen atoms in total. The molecule has 0 bridgehead atoms. The van der Waals surface area contributed by atoms with E-state index in [4.69, 9.17) is 4.74 Å². The van der Waals surface area contributed by atoms with Crippen molar-refractivity contribution in [1.82, 2.24) is 4.57 Å². The molecule has 8 heteroatoms. The summed E-state index contributed by atoms with van der Waals surface area (Å²) in [7, 11) is -3.31. The Bertz CT molecular complexity index is 1220. The smallest absolute Gasteiger partial charge is 0.279 e. The fourth-order valence-electron chi connectivity index (χ4n) is 3.06. The lowest BCUT2D eigenvalue weighted by Gasteiger charge is -2.08. The van der Waals surface area contributed by atoms with Gasteiger partial charge in [0, 0.05) is 25.0 Å². The standard InChI is InChI=1S/C21H24N2O4S2/c1-5-27-13-12-23-18-14(2)6-7-15(3)19(18)28-21(23)22-20(24)16-8-10-17(11-9-16)29(4,25)26/h6-11H,5,12-13H2,1-4H3. The summed E-state index contributed by atoms with van der Waals surface area (Å²) in [5.41, 5.74) is 3.66. The van der Waals surface area contributed by atoms with E-state index in [9.17, 15) is 13.2 Å². The van der Waals surface area contributed by atoms with E-state index in [1.807, 2.05) is 25.3 Å². The van der Waals surface area contributed by atoms with E-state index in [0.29, 0.717) is 30.1 Å². The molecule has 3 aromatic rings. The van der Waals surface area contributed by atoms with Crippen molar-refractivity contribution in [3.63, 3.8) is 0 Å². The van der Waals surface area contributed by atoms with Gasteiger partial charge in [-0.1, -0.05) is 23.5 Å². The average Bonchev–Trinajstić information content (AvgIpc) is 3.04. The summed E-state index contributed by atoms with van der Waals surface area (Å²) in [5.74, 6) is -0.405. The molecule has 0 atom stereocenters. The molecule has 1 heterocycles. The number of nitrogens with zero attached hydrogens (tertiary/aromatic N) is 2. The van der Waals surface area contributed by atoms with Gasteiger partial charge >= 0.3 is 0 Å². The fraction of sp³-hybridized carbons (Fsp3) is 0.333. The molecule has 3 rings (SSSR count). The highest BCUT2D eigenvalue weighted by Crippen LogP contribution is 2.25. The molecule has 1 aromatic heterocycles. The van der Waals surface area contributed by atoms with Crippen LogP contribution in [0.1, 0.15) is 28.4 Å². The zero-order valence-electron chi connectivity index (χ0n) is 16.9. The molecule has 154 valence electrons. The molecule has 0 unspecified atom stereocenters. The van der Waals surface area contributed by atoms with Gasteiger partial charge in [-0.05, 0) is 56.2 Å². The van der Waals surface area contributed by atoms with Crippen molar-refractivity contribution in [3.8, 4) is 0 Å². The number of hydrogen-bond donors (Lipinski definition) is 0. The van der Waals surface area contributed by atoms with Crippen molar-refractivity contribution in [2.75, 3.05) is 19.5 Å². The van der Waals surface area contributed by atoms with Crippen LogP contribution in [-0.2, 0) is 21.1 Å². The zero-order chi connectivity index (χ0) is 21.2. The first-order valence-electron chi connectivity index (χ1n) is 9.29. The first-order chi connectivity index (χ1) is 13.7. The van der Waals surface area contributed by atoms with E-state index in [-0.39, 0.29) is 4.90 Å². The number of benzene rings is 2. The summed E-state index contributed by atoms with van der Waals surface area (Å²) in [6.07, 6.45) is 1.14. The van der Waals surface area contributed by atoms with Crippen molar-refractivity contribution >= 4 is 37.3 Å². The lowest BCUT2D eigenvalue weighted by Crippen LogP contribution is -2.20. The van der Waals surface area contributed by atoms with Gasteiger partial charge in [-0.2, -0.15) is 4.99 Å². The van der Waals surface area contributed by atoms with Crippen molar-refractivity contribution in [1.29, 1.82) is 0 Å². The zero-order valence-corrected chi connectivity index (χ0v) is 18.6. The Morgan fingerprint density at radius 1 is 1.10 bits per heavy atom. The minimum atomic E-state index is -3.31. The summed E-state index contributed by atoms with van der Waals surface area (Å²) < 4.78 is 31.9. The van der Waals surface area contributed by atoms with E-state index >= 15 is 0 Å². The Hall–Kier alpha value is -2.29. The number of hydrogen-bond acceptors (Lipinski definition) is 5. The van der Waals surface area contributed by atoms with E-state index in [0.717, 1.165) is 27.6 Å². The van der Waals surface area contributed by atoms with Gasteiger partial charge in [0.05, 0.1) is 21.7 Å². The number of aryl methyl sites for hydroxylation is 2. The lowest BCUT2D eigenvalue weighted by molar-refractivity contribution is 0.0996. The van der Waals surface area contributed by atoms with Gasteiger partial charge in [-0.15, -0.1) is 0 Å². The highest BCUT2D eigenvalue weighted by atomic mass is 32.2. The third-order valence-corrected chi connectivity index (χ3v) is 6.96. The van der Waals surface area contributed by atoms with Crippen LogP contribution >= 0.6 is 11.3 Å².